The molecule has 10 heteroatoms. The number of pyridine rings is 1. The number of amides is 2. The molecular weight excluding hydrogens is 463 g/mol. The Kier molecular flexibility index (Phi) is 8.24. The lowest BCUT2D eigenvalue weighted by atomic mass is 10.1. The van der Waals surface area contributed by atoms with Crippen LogP contribution in [-0.4, -0.2) is 41.2 Å². The molecule has 35 heavy (non-hydrogen) atoms. The van der Waals surface area contributed by atoms with E-state index in [1.54, 1.807) is 17.8 Å². The van der Waals surface area contributed by atoms with Crippen LogP contribution in [0.3, 0.4) is 0 Å². The van der Waals surface area contributed by atoms with Gasteiger partial charge in [-0.05, 0) is 36.5 Å². The number of halogens is 3. The van der Waals surface area contributed by atoms with Crippen LogP contribution in [0.15, 0.2) is 41.5 Å². The summed E-state index contributed by atoms with van der Waals surface area (Å²) in [6.07, 6.45) is 2.10. The van der Waals surface area contributed by atoms with E-state index in [1.165, 1.54) is 23.2 Å². The smallest absolute Gasteiger partial charge is 0.406 e. The molecule has 0 spiro atoms. The number of alkyl halides is 3. The number of rotatable bonds is 8. The molecule has 1 saturated carbocycles. The van der Waals surface area contributed by atoms with E-state index in [9.17, 15) is 27.6 Å². The number of ether oxygens (including phenoxy) is 1. The van der Waals surface area contributed by atoms with E-state index in [-0.39, 0.29) is 35.4 Å². The Balaban J connectivity index is 1.82. The first-order valence-corrected chi connectivity index (χ1v) is 11.6. The first kappa shape index (κ1) is 26.3. The van der Waals surface area contributed by atoms with E-state index in [0.29, 0.717) is 12.1 Å². The van der Waals surface area contributed by atoms with Gasteiger partial charge in [-0.25, -0.2) is 0 Å². The van der Waals surface area contributed by atoms with Gasteiger partial charge in [-0.15, -0.1) is 13.2 Å². The van der Waals surface area contributed by atoms with Crippen molar-refractivity contribution in [1.29, 1.82) is 0 Å². The van der Waals surface area contributed by atoms with Gasteiger partial charge in [-0.2, -0.15) is 0 Å². The summed E-state index contributed by atoms with van der Waals surface area (Å²) in [5.41, 5.74) is -0.321. The highest BCUT2D eigenvalue weighted by Gasteiger charge is 2.31. The average molecular weight is 494 g/mol. The van der Waals surface area contributed by atoms with Crippen LogP contribution < -0.4 is 15.5 Å². The second-order valence-corrected chi connectivity index (χ2v) is 9.25. The maximum atomic E-state index is 13.2. The maximum Gasteiger partial charge on any atom is 0.573 e. The summed E-state index contributed by atoms with van der Waals surface area (Å²) in [6.45, 7) is 4.38. The van der Waals surface area contributed by atoms with Crippen LogP contribution in [0.5, 0.6) is 5.75 Å². The number of carbonyl (C=O) groups is 2. The second kappa shape index (κ2) is 11.0. The molecule has 1 heterocycles. The molecule has 1 aromatic heterocycles. The number of carbonyl (C=O) groups excluding carboxylic acids is 2. The molecule has 1 aliphatic rings. The molecule has 3 rings (SSSR count). The minimum Gasteiger partial charge on any atom is -0.406 e. The van der Waals surface area contributed by atoms with Gasteiger partial charge in [0.25, 0.3) is 11.8 Å². The Morgan fingerprint density at radius 2 is 1.71 bits per heavy atom. The fourth-order valence-corrected chi connectivity index (χ4v) is 4.25. The monoisotopic (exact) mass is 493 g/mol. The molecule has 0 radical (unpaired) electrons. The van der Waals surface area contributed by atoms with Crippen molar-refractivity contribution in [3.63, 3.8) is 0 Å². The lowest BCUT2D eigenvalue weighted by molar-refractivity contribution is -0.274. The van der Waals surface area contributed by atoms with Gasteiger partial charge in [0.15, 0.2) is 0 Å². The molecule has 190 valence electrons. The van der Waals surface area contributed by atoms with Crippen molar-refractivity contribution < 1.29 is 27.5 Å². The molecule has 2 aromatic rings. The highest BCUT2D eigenvalue weighted by molar-refractivity contribution is 5.99. The molecular formula is C25H30F3N3O4. The Morgan fingerprint density at radius 3 is 2.29 bits per heavy atom. The van der Waals surface area contributed by atoms with Crippen LogP contribution in [0.1, 0.15) is 71.9 Å². The fraction of sp³-hybridized carbons (Fsp3) is 0.480. The maximum absolute atomic E-state index is 13.2. The van der Waals surface area contributed by atoms with Gasteiger partial charge in [-0.3, -0.25) is 14.4 Å². The van der Waals surface area contributed by atoms with Crippen LogP contribution in [0.25, 0.3) is 0 Å². The zero-order chi connectivity index (χ0) is 25.8. The molecule has 2 amide bonds. The largest absolute Gasteiger partial charge is 0.573 e. The fourth-order valence-electron chi connectivity index (χ4n) is 4.25. The van der Waals surface area contributed by atoms with Crippen molar-refractivity contribution in [3.05, 3.63) is 63.6 Å². The summed E-state index contributed by atoms with van der Waals surface area (Å²) >= 11 is 0. The topological polar surface area (TPSA) is 80.6 Å². The van der Waals surface area contributed by atoms with Gasteiger partial charge < -0.3 is 19.5 Å². The number of nitrogens with zero attached hydrogens (tertiary/aromatic N) is 2. The molecule has 0 aliphatic heterocycles. The van der Waals surface area contributed by atoms with E-state index >= 15 is 0 Å². The quantitative estimate of drug-likeness (QED) is 0.587. The number of aromatic nitrogens is 1. The number of nitrogens with one attached hydrogen (secondary N) is 1. The minimum absolute atomic E-state index is 0.0145. The number of benzene rings is 1. The molecule has 7 nitrogen and oxygen atoms in total. The predicted molar refractivity (Wildman–Crippen MR) is 124 cm³/mol. The Labute approximate surface area is 201 Å². The number of hydrogen-bond donors (Lipinski definition) is 1. The van der Waals surface area contributed by atoms with E-state index in [1.807, 2.05) is 13.8 Å². The Hall–Kier alpha value is -3.30. The van der Waals surface area contributed by atoms with Crippen molar-refractivity contribution in [2.45, 2.75) is 58.5 Å². The van der Waals surface area contributed by atoms with Gasteiger partial charge in [0.2, 0.25) is 5.43 Å². The van der Waals surface area contributed by atoms with E-state index in [2.05, 4.69) is 10.1 Å². The normalized spacial score (nSPS) is 14.3. The molecule has 0 bridgehead atoms. The van der Waals surface area contributed by atoms with Crippen molar-refractivity contribution in [3.8, 4) is 5.75 Å². The van der Waals surface area contributed by atoms with E-state index < -0.39 is 23.6 Å². The summed E-state index contributed by atoms with van der Waals surface area (Å²) in [6, 6.07) is 5.17. The van der Waals surface area contributed by atoms with Gasteiger partial charge in [0.1, 0.15) is 16.9 Å². The molecule has 1 fully saturated rings. The highest BCUT2D eigenvalue weighted by atomic mass is 19.4. The van der Waals surface area contributed by atoms with Crippen molar-refractivity contribution in [1.82, 2.24) is 14.8 Å². The standard InChI is InChI=1S/C25H30F3N3O4/c1-16(2)13-30(3)24(34)21-15-31(18-6-4-5-7-18)14-20(22(21)32)23(33)29-12-17-8-10-19(11-9-17)35-25(26,27)28/h8-11,14-16,18H,4-7,12-13H2,1-3H3,(H,29,33). The molecule has 0 unspecified atom stereocenters. The summed E-state index contributed by atoms with van der Waals surface area (Å²) < 4.78 is 42.6. The SMILES string of the molecule is CC(C)CN(C)C(=O)c1cn(C2CCCC2)cc(C(=O)NCc2ccc(OC(F)(F)F)cc2)c1=O. The zero-order valence-corrected chi connectivity index (χ0v) is 20.0. The van der Waals surface area contributed by atoms with Gasteiger partial charge >= 0.3 is 6.36 Å². The van der Waals surface area contributed by atoms with Crippen molar-refractivity contribution in [2.24, 2.45) is 5.92 Å². The van der Waals surface area contributed by atoms with Crippen LogP contribution in [0.2, 0.25) is 0 Å². The van der Waals surface area contributed by atoms with Crippen molar-refractivity contribution in [2.75, 3.05) is 13.6 Å². The van der Waals surface area contributed by atoms with Crippen molar-refractivity contribution >= 4 is 11.8 Å². The molecule has 0 saturated heterocycles. The summed E-state index contributed by atoms with van der Waals surface area (Å²) in [5.74, 6) is -1.26. The van der Waals surface area contributed by atoms with Gasteiger partial charge in [0, 0.05) is 38.6 Å². The van der Waals surface area contributed by atoms with Crippen LogP contribution in [-0.2, 0) is 6.54 Å². The van der Waals surface area contributed by atoms with E-state index in [4.69, 9.17) is 0 Å². The Morgan fingerprint density at radius 1 is 1.11 bits per heavy atom. The third kappa shape index (κ3) is 7.10. The average Bonchev–Trinajstić information content (AvgIpc) is 3.31. The zero-order valence-electron chi connectivity index (χ0n) is 20.0. The Bertz CT molecular complexity index is 1100. The molecule has 1 aromatic carbocycles. The van der Waals surface area contributed by atoms with Crippen LogP contribution in [0.4, 0.5) is 13.2 Å². The molecule has 1 N–H and O–H groups in total. The predicted octanol–water partition coefficient (Wildman–Crippen LogP) is 4.52. The third-order valence-corrected chi connectivity index (χ3v) is 5.86. The minimum atomic E-state index is -4.79. The molecule has 0 atom stereocenters. The first-order chi connectivity index (χ1) is 16.4. The summed E-state index contributed by atoms with van der Waals surface area (Å²) in [7, 11) is 1.63. The summed E-state index contributed by atoms with van der Waals surface area (Å²) in [5, 5.41) is 2.63. The number of hydrogen-bond acceptors (Lipinski definition) is 4. The van der Waals surface area contributed by atoms with Gasteiger partial charge in [-0.1, -0.05) is 38.8 Å². The first-order valence-electron chi connectivity index (χ1n) is 11.6. The lowest BCUT2D eigenvalue weighted by Crippen LogP contribution is -2.37. The second-order valence-electron chi connectivity index (χ2n) is 9.25. The highest BCUT2D eigenvalue weighted by Crippen LogP contribution is 2.29. The van der Waals surface area contributed by atoms with Crippen LogP contribution >= 0.6 is 0 Å². The molecule has 1 aliphatic carbocycles. The lowest BCUT2D eigenvalue weighted by Gasteiger charge is -2.22. The third-order valence-electron chi connectivity index (χ3n) is 5.86. The van der Waals surface area contributed by atoms with Crippen LogP contribution in [0, 0.1) is 5.92 Å². The summed E-state index contributed by atoms with van der Waals surface area (Å²) in [4.78, 5) is 40.6. The van der Waals surface area contributed by atoms with Gasteiger partial charge in [0.05, 0.1) is 0 Å². The van der Waals surface area contributed by atoms with E-state index in [0.717, 1.165) is 37.8 Å².